The second-order valence-corrected chi connectivity index (χ2v) is 2.68. The minimum atomic E-state index is -1.12. The van der Waals surface area contributed by atoms with Crippen LogP contribution < -0.4 is 5.84 Å². The molecule has 4 heteroatoms. The zero-order chi connectivity index (χ0) is 7.61. The molecule has 1 aliphatic heterocycles. The Morgan fingerprint density at radius 3 is 2.40 bits per heavy atom. The molecule has 0 bridgehead atoms. The summed E-state index contributed by atoms with van der Waals surface area (Å²) in [7, 11) is 0. The van der Waals surface area contributed by atoms with Gasteiger partial charge < -0.3 is 5.11 Å². The molecule has 0 aromatic carbocycles. The summed E-state index contributed by atoms with van der Waals surface area (Å²) in [5.41, 5.74) is -1.12. The molecule has 0 unspecified atom stereocenters. The molecule has 3 N–H and O–H groups in total. The second kappa shape index (κ2) is 2.54. The summed E-state index contributed by atoms with van der Waals surface area (Å²) in [6, 6.07) is 1.87. The fraction of sp³-hybridized carbons (Fsp3) is 0.833. The molecule has 10 heavy (non-hydrogen) atoms. The number of nitrogens with zero attached hydrogens (tertiary/aromatic N) is 2. The van der Waals surface area contributed by atoms with Crippen LogP contribution in [0.2, 0.25) is 0 Å². The predicted octanol–water partition coefficient (Wildman–Crippen LogP) is -0.789. The smallest absolute Gasteiger partial charge is 0.153 e. The number of nitrogens with two attached hydrogens (primary N) is 1. The Morgan fingerprint density at radius 1 is 1.50 bits per heavy atom. The lowest BCUT2D eigenvalue weighted by Crippen LogP contribution is -2.46. The van der Waals surface area contributed by atoms with Crippen molar-refractivity contribution < 1.29 is 5.11 Å². The van der Waals surface area contributed by atoms with Crippen LogP contribution in [0.5, 0.6) is 0 Å². The highest BCUT2D eigenvalue weighted by Gasteiger charge is 2.30. The van der Waals surface area contributed by atoms with Crippen LogP contribution in [0.25, 0.3) is 0 Å². The Hall–Kier alpha value is -0.630. The van der Waals surface area contributed by atoms with Gasteiger partial charge in [-0.25, -0.2) is 5.01 Å². The third-order valence-electron chi connectivity index (χ3n) is 1.83. The summed E-state index contributed by atoms with van der Waals surface area (Å²) in [5.74, 6) is 5.42. The zero-order valence-electron chi connectivity index (χ0n) is 5.75. The van der Waals surface area contributed by atoms with Crippen LogP contribution in [0, 0.1) is 11.3 Å². The average molecular weight is 141 g/mol. The predicted molar refractivity (Wildman–Crippen MR) is 35.6 cm³/mol. The first kappa shape index (κ1) is 7.48. The lowest BCUT2D eigenvalue weighted by molar-refractivity contribution is 0.0253. The lowest BCUT2D eigenvalue weighted by atomic mass is 9.94. The number of aliphatic hydroxyl groups is 1. The number of piperidine rings is 1. The first-order valence-corrected chi connectivity index (χ1v) is 3.29. The van der Waals surface area contributed by atoms with Gasteiger partial charge in [-0.15, -0.1) is 0 Å². The maximum atomic E-state index is 9.35. The Labute approximate surface area is 59.8 Å². The van der Waals surface area contributed by atoms with Crippen molar-refractivity contribution in [3.8, 4) is 6.07 Å². The van der Waals surface area contributed by atoms with Gasteiger partial charge in [0.25, 0.3) is 0 Å². The number of hydrogen-bond acceptors (Lipinski definition) is 4. The van der Waals surface area contributed by atoms with Gasteiger partial charge >= 0.3 is 0 Å². The fourth-order valence-electron chi connectivity index (χ4n) is 1.01. The van der Waals surface area contributed by atoms with Gasteiger partial charge in [0, 0.05) is 25.9 Å². The van der Waals surface area contributed by atoms with Crippen molar-refractivity contribution in [2.24, 2.45) is 5.84 Å². The third-order valence-corrected chi connectivity index (χ3v) is 1.83. The molecule has 1 saturated heterocycles. The van der Waals surface area contributed by atoms with E-state index in [1.807, 2.05) is 6.07 Å². The molecule has 0 aromatic rings. The molecule has 0 saturated carbocycles. The zero-order valence-corrected chi connectivity index (χ0v) is 5.75. The molecule has 0 atom stereocenters. The quantitative estimate of drug-likeness (QED) is 0.342. The Morgan fingerprint density at radius 2 is 2.00 bits per heavy atom. The van der Waals surface area contributed by atoms with E-state index in [1.165, 1.54) is 0 Å². The number of nitriles is 1. The van der Waals surface area contributed by atoms with E-state index in [4.69, 9.17) is 11.1 Å². The second-order valence-electron chi connectivity index (χ2n) is 2.68. The maximum Gasteiger partial charge on any atom is 0.153 e. The average Bonchev–Trinajstić information content (AvgIpc) is 1.96. The van der Waals surface area contributed by atoms with Gasteiger partial charge in [-0.05, 0) is 0 Å². The van der Waals surface area contributed by atoms with E-state index >= 15 is 0 Å². The molecule has 0 amide bonds. The molecule has 1 aliphatic rings. The minimum absolute atomic E-state index is 0.458. The normalized spacial score (nSPS) is 25.7. The van der Waals surface area contributed by atoms with Crippen LogP contribution in [-0.4, -0.2) is 28.8 Å². The highest BCUT2D eigenvalue weighted by molar-refractivity contribution is 5.02. The largest absolute Gasteiger partial charge is 0.375 e. The molecule has 4 nitrogen and oxygen atoms in total. The molecule has 1 fully saturated rings. The van der Waals surface area contributed by atoms with Crippen molar-refractivity contribution in [2.45, 2.75) is 18.4 Å². The molecule has 1 rings (SSSR count). The van der Waals surface area contributed by atoms with E-state index in [-0.39, 0.29) is 0 Å². The van der Waals surface area contributed by atoms with Crippen molar-refractivity contribution in [3.63, 3.8) is 0 Å². The summed E-state index contributed by atoms with van der Waals surface area (Å²) < 4.78 is 0. The van der Waals surface area contributed by atoms with E-state index in [0.717, 1.165) is 0 Å². The van der Waals surface area contributed by atoms with E-state index < -0.39 is 5.60 Å². The van der Waals surface area contributed by atoms with E-state index in [9.17, 15) is 5.11 Å². The number of rotatable bonds is 0. The van der Waals surface area contributed by atoms with Crippen LogP contribution >= 0.6 is 0 Å². The lowest BCUT2D eigenvalue weighted by Gasteiger charge is -2.30. The molecular formula is C6H11N3O. The van der Waals surface area contributed by atoms with Gasteiger partial charge in [-0.3, -0.25) is 5.84 Å². The van der Waals surface area contributed by atoms with Crippen LogP contribution in [0.3, 0.4) is 0 Å². The van der Waals surface area contributed by atoms with Gasteiger partial charge in [0.1, 0.15) is 0 Å². The van der Waals surface area contributed by atoms with Crippen LogP contribution in [0.1, 0.15) is 12.8 Å². The minimum Gasteiger partial charge on any atom is -0.375 e. The summed E-state index contributed by atoms with van der Waals surface area (Å²) in [6.45, 7) is 1.20. The fourth-order valence-corrected chi connectivity index (χ4v) is 1.01. The summed E-state index contributed by atoms with van der Waals surface area (Å²) in [6.07, 6.45) is 0.917. The van der Waals surface area contributed by atoms with E-state index in [0.29, 0.717) is 25.9 Å². The number of hydrazine groups is 1. The summed E-state index contributed by atoms with van der Waals surface area (Å²) in [5, 5.41) is 19.4. The topological polar surface area (TPSA) is 73.3 Å². The Kier molecular flexibility index (Phi) is 1.90. The molecule has 0 spiro atoms. The molecule has 0 aromatic heterocycles. The molecule has 0 aliphatic carbocycles. The van der Waals surface area contributed by atoms with Crippen LogP contribution in [-0.2, 0) is 0 Å². The molecule has 1 heterocycles. The molecule has 56 valence electrons. The van der Waals surface area contributed by atoms with Gasteiger partial charge in [0.2, 0.25) is 0 Å². The highest BCUT2D eigenvalue weighted by atomic mass is 16.3. The summed E-state index contributed by atoms with van der Waals surface area (Å²) in [4.78, 5) is 0. The van der Waals surface area contributed by atoms with Gasteiger partial charge in [-0.1, -0.05) is 0 Å². The maximum absolute atomic E-state index is 9.35. The first-order valence-electron chi connectivity index (χ1n) is 3.29. The molecular weight excluding hydrogens is 130 g/mol. The SMILES string of the molecule is N#CC1(O)CCN(N)CC1. The van der Waals surface area contributed by atoms with Crippen LogP contribution in [0.4, 0.5) is 0 Å². The van der Waals surface area contributed by atoms with E-state index in [1.54, 1.807) is 5.01 Å². The first-order chi connectivity index (χ1) is 4.66. The van der Waals surface area contributed by atoms with Crippen molar-refractivity contribution in [1.29, 1.82) is 5.26 Å². The van der Waals surface area contributed by atoms with Crippen molar-refractivity contribution in [2.75, 3.05) is 13.1 Å². The van der Waals surface area contributed by atoms with Gasteiger partial charge in [0.05, 0.1) is 6.07 Å². The standard InChI is InChI=1S/C6H11N3O/c7-5-6(10)1-3-9(8)4-2-6/h10H,1-4,8H2. The van der Waals surface area contributed by atoms with Crippen LogP contribution in [0.15, 0.2) is 0 Å². The van der Waals surface area contributed by atoms with Gasteiger partial charge in [-0.2, -0.15) is 5.26 Å². The van der Waals surface area contributed by atoms with Crippen molar-refractivity contribution >= 4 is 0 Å². The van der Waals surface area contributed by atoms with Crippen molar-refractivity contribution in [3.05, 3.63) is 0 Å². The number of hydrogen-bond donors (Lipinski definition) is 2. The summed E-state index contributed by atoms with van der Waals surface area (Å²) >= 11 is 0. The Bertz CT molecular complexity index is 155. The third kappa shape index (κ3) is 1.45. The monoisotopic (exact) mass is 141 g/mol. The molecule has 0 radical (unpaired) electrons. The van der Waals surface area contributed by atoms with Crippen molar-refractivity contribution in [1.82, 2.24) is 5.01 Å². The highest BCUT2D eigenvalue weighted by Crippen LogP contribution is 2.18. The Balaban J connectivity index is 2.48. The van der Waals surface area contributed by atoms with E-state index in [2.05, 4.69) is 0 Å². The van der Waals surface area contributed by atoms with Gasteiger partial charge in [0.15, 0.2) is 5.60 Å².